The molecule has 1 aromatic carbocycles. The molecule has 2 aliphatic heterocycles. The van der Waals surface area contributed by atoms with Crippen LogP contribution in [0.1, 0.15) is 40.9 Å². The van der Waals surface area contributed by atoms with Gasteiger partial charge in [-0.3, -0.25) is 4.79 Å². The summed E-state index contributed by atoms with van der Waals surface area (Å²) in [5.74, 6) is 1.38. The van der Waals surface area contributed by atoms with E-state index in [1.54, 1.807) is 12.3 Å². The molecule has 4 rings (SSSR count). The number of ether oxygens (including phenoxy) is 2. The molecule has 0 aliphatic carbocycles. The van der Waals surface area contributed by atoms with Gasteiger partial charge in [0.1, 0.15) is 12.4 Å². The first-order chi connectivity index (χ1) is 12.7. The Kier molecular flexibility index (Phi) is 4.72. The number of amides is 1. The zero-order valence-corrected chi connectivity index (χ0v) is 15.2. The van der Waals surface area contributed by atoms with Crippen LogP contribution in [0.4, 0.5) is 0 Å². The van der Waals surface area contributed by atoms with E-state index in [4.69, 9.17) is 13.9 Å². The van der Waals surface area contributed by atoms with Crippen LogP contribution in [0.2, 0.25) is 0 Å². The maximum Gasteiger partial charge on any atom is 0.257 e. The van der Waals surface area contributed by atoms with Crippen molar-refractivity contribution in [2.45, 2.75) is 32.8 Å². The fourth-order valence-corrected chi connectivity index (χ4v) is 3.95. The number of nitrogens with zero attached hydrogens (tertiary/aromatic N) is 1. The molecule has 0 N–H and O–H groups in total. The van der Waals surface area contributed by atoms with Crippen LogP contribution in [-0.4, -0.2) is 37.1 Å². The highest BCUT2D eigenvalue weighted by molar-refractivity contribution is 5.95. The second-order valence-corrected chi connectivity index (χ2v) is 7.49. The lowest BCUT2D eigenvalue weighted by Gasteiger charge is -2.39. The fraction of sp³-hybridized carbons (Fsp3) is 0.476. The Hall–Kier alpha value is -2.27. The number of carbonyl (C=O) groups is 1. The summed E-state index contributed by atoms with van der Waals surface area (Å²) in [6.45, 7) is 5.43. The van der Waals surface area contributed by atoms with Crippen molar-refractivity contribution in [3.8, 4) is 5.75 Å². The third kappa shape index (κ3) is 3.49. The third-order valence-electron chi connectivity index (χ3n) is 5.50. The monoisotopic (exact) mass is 355 g/mol. The first-order valence-electron chi connectivity index (χ1n) is 9.28. The lowest BCUT2D eigenvalue weighted by Crippen LogP contribution is -2.46. The van der Waals surface area contributed by atoms with Gasteiger partial charge in [0.2, 0.25) is 0 Å². The molecule has 0 saturated carbocycles. The summed E-state index contributed by atoms with van der Waals surface area (Å²) in [6, 6.07) is 9.60. The zero-order chi connectivity index (χ0) is 18.0. The van der Waals surface area contributed by atoms with Crippen LogP contribution >= 0.6 is 0 Å². The largest absolute Gasteiger partial charge is 0.486 e. The molecule has 1 amide bonds. The second kappa shape index (κ2) is 7.16. The number of carbonyl (C=O) groups excluding carboxylic acids is 1. The molecule has 0 radical (unpaired) electrons. The van der Waals surface area contributed by atoms with Gasteiger partial charge in [-0.2, -0.15) is 0 Å². The number of benzene rings is 1. The number of hydrogen-bond donors (Lipinski definition) is 0. The van der Waals surface area contributed by atoms with Crippen molar-refractivity contribution in [3.05, 3.63) is 53.5 Å². The van der Waals surface area contributed by atoms with Crippen LogP contribution in [0.15, 0.2) is 41.0 Å². The van der Waals surface area contributed by atoms with Gasteiger partial charge in [0.25, 0.3) is 5.91 Å². The first-order valence-corrected chi connectivity index (χ1v) is 9.28. The smallest absolute Gasteiger partial charge is 0.257 e. The molecule has 5 nitrogen and oxygen atoms in total. The molecular formula is C21H25NO4. The average molecular weight is 355 g/mol. The summed E-state index contributed by atoms with van der Waals surface area (Å²) in [4.78, 5) is 15.0. The van der Waals surface area contributed by atoms with Gasteiger partial charge in [0.05, 0.1) is 18.4 Å². The zero-order valence-electron chi connectivity index (χ0n) is 15.2. The number of likely N-dealkylation sites (tertiary alicyclic amines) is 1. The molecule has 5 heteroatoms. The normalized spacial score (nSPS) is 22.7. The molecule has 1 atom stereocenters. The van der Waals surface area contributed by atoms with E-state index in [1.807, 2.05) is 36.1 Å². The van der Waals surface area contributed by atoms with Crippen molar-refractivity contribution >= 4 is 5.91 Å². The molecule has 2 fully saturated rings. The van der Waals surface area contributed by atoms with Gasteiger partial charge in [-0.25, -0.2) is 0 Å². The molecule has 1 spiro atoms. The topological polar surface area (TPSA) is 51.9 Å². The summed E-state index contributed by atoms with van der Waals surface area (Å²) in [5.41, 5.74) is 1.94. The van der Waals surface area contributed by atoms with Crippen LogP contribution in [0.25, 0.3) is 0 Å². The highest BCUT2D eigenvalue weighted by atomic mass is 16.5. The van der Waals surface area contributed by atoms with E-state index in [9.17, 15) is 4.79 Å². The van der Waals surface area contributed by atoms with Crippen LogP contribution in [0.3, 0.4) is 0 Å². The Bertz CT molecular complexity index is 759. The molecule has 138 valence electrons. The van der Waals surface area contributed by atoms with Crippen molar-refractivity contribution in [1.29, 1.82) is 0 Å². The van der Waals surface area contributed by atoms with E-state index in [0.29, 0.717) is 11.3 Å². The van der Waals surface area contributed by atoms with Crippen molar-refractivity contribution in [1.82, 2.24) is 4.90 Å². The van der Waals surface area contributed by atoms with E-state index < -0.39 is 0 Å². The Balaban J connectivity index is 1.43. The second-order valence-electron chi connectivity index (χ2n) is 7.49. The molecule has 3 heterocycles. The van der Waals surface area contributed by atoms with Crippen LogP contribution in [-0.2, 0) is 11.3 Å². The lowest BCUT2D eigenvalue weighted by atomic mass is 9.79. The molecule has 1 aromatic heterocycles. The van der Waals surface area contributed by atoms with Gasteiger partial charge in [0.15, 0.2) is 5.76 Å². The number of hydrogen-bond acceptors (Lipinski definition) is 4. The minimum Gasteiger partial charge on any atom is -0.486 e. The van der Waals surface area contributed by atoms with E-state index in [1.165, 1.54) is 5.56 Å². The highest BCUT2D eigenvalue weighted by Gasteiger charge is 2.40. The number of piperidine rings is 1. The molecule has 2 saturated heterocycles. The molecule has 2 aromatic rings. The van der Waals surface area contributed by atoms with E-state index in [2.05, 4.69) is 0 Å². The van der Waals surface area contributed by atoms with Crippen LogP contribution < -0.4 is 4.74 Å². The SMILES string of the molecule is Cc1ccc(OCc2occc2C(=O)N2CCC[C@@]3(CCOC3)C2)cc1. The molecule has 26 heavy (non-hydrogen) atoms. The van der Waals surface area contributed by atoms with E-state index >= 15 is 0 Å². The first kappa shape index (κ1) is 17.2. The highest BCUT2D eigenvalue weighted by Crippen LogP contribution is 2.38. The Morgan fingerprint density at radius 3 is 2.85 bits per heavy atom. The standard InChI is InChI=1S/C21H25NO4/c1-16-3-5-17(6-4-16)26-13-19-18(7-11-25-19)20(23)22-10-2-8-21(14-22)9-12-24-15-21/h3-7,11H,2,8-10,12-15H2,1H3/t21-/m1/s1. The van der Waals surface area contributed by atoms with Gasteiger partial charge < -0.3 is 18.8 Å². The maximum absolute atomic E-state index is 13.0. The summed E-state index contributed by atoms with van der Waals surface area (Å²) in [5, 5.41) is 0. The van der Waals surface area contributed by atoms with Crippen LogP contribution in [0.5, 0.6) is 5.75 Å². The average Bonchev–Trinajstić information content (AvgIpc) is 3.30. The minimum atomic E-state index is 0.0345. The van der Waals surface area contributed by atoms with Crippen LogP contribution in [0, 0.1) is 12.3 Å². The Morgan fingerprint density at radius 2 is 2.08 bits per heavy atom. The quantitative estimate of drug-likeness (QED) is 0.837. The summed E-state index contributed by atoms with van der Waals surface area (Å²) in [6.07, 6.45) is 4.79. The van der Waals surface area contributed by atoms with Gasteiger partial charge in [0, 0.05) is 25.1 Å². The van der Waals surface area contributed by atoms with Gasteiger partial charge in [-0.15, -0.1) is 0 Å². The molecular weight excluding hydrogens is 330 g/mol. The van der Waals surface area contributed by atoms with Crippen molar-refractivity contribution in [2.24, 2.45) is 5.41 Å². The number of furan rings is 1. The van der Waals surface area contributed by atoms with Crippen molar-refractivity contribution in [3.63, 3.8) is 0 Å². The summed E-state index contributed by atoms with van der Waals surface area (Å²) < 4.78 is 16.9. The Labute approximate surface area is 153 Å². The predicted molar refractivity (Wildman–Crippen MR) is 97.2 cm³/mol. The number of rotatable bonds is 4. The molecule has 2 aliphatic rings. The van der Waals surface area contributed by atoms with E-state index in [0.717, 1.165) is 51.3 Å². The number of aryl methyl sites for hydroxylation is 1. The predicted octanol–water partition coefficient (Wildman–Crippen LogP) is 3.81. The minimum absolute atomic E-state index is 0.0345. The molecule has 0 unspecified atom stereocenters. The third-order valence-corrected chi connectivity index (χ3v) is 5.50. The van der Waals surface area contributed by atoms with Gasteiger partial charge >= 0.3 is 0 Å². The summed E-state index contributed by atoms with van der Waals surface area (Å²) >= 11 is 0. The van der Waals surface area contributed by atoms with Crippen molar-refractivity contribution in [2.75, 3.05) is 26.3 Å². The fourth-order valence-electron chi connectivity index (χ4n) is 3.95. The summed E-state index contributed by atoms with van der Waals surface area (Å²) in [7, 11) is 0. The van der Waals surface area contributed by atoms with E-state index in [-0.39, 0.29) is 17.9 Å². The Morgan fingerprint density at radius 1 is 1.23 bits per heavy atom. The van der Waals surface area contributed by atoms with Crippen molar-refractivity contribution < 1.29 is 18.7 Å². The lowest BCUT2D eigenvalue weighted by molar-refractivity contribution is 0.0459. The maximum atomic E-state index is 13.0. The van der Waals surface area contributed by atoms with Gasteiger partial charge in [-0.1, -0.05) is 17.7 Å². The van der Waals surface area contributed by atoms with Gasteiger partial charge in [-0.05, 0) is 44.4 Å². The molecule has 0 bridgehead atoms.